The number of carboxylic acids is 1. The van der Waals surface area contributed by atoms with Crippen molar-refractivity contribution in [1.82, 2.24) is 10.3 Å². The summed E-state index contributed by atoms with van der Waals surface area (Å²) >= 11 is 0. The summed E-state index contributed by atoms with van der Waals surface area (Å²) in [5, 5.41) is 15.1. The van der Waals surface area contributed by atoms with Crippen molar-refractivity contribution < 1.29 is 27.9 Å². The second kappa shape index (κ2) is 12.3. The molecule has 2 fully saturated rings. The van der Waals surface area contributed by atoms with Crippen molar-refractivity contribution in [3.63, 3.8) is 0 Å². The molecule has 2 aromatic rings. The minimum Gasteiger partial charge on any atom is -0.481 e. The highest BCUT2D eigenvalue weighted by Gasteiger charge is 2.38. The number of rotatable bonds is 10. The number of nitrogens with zero attached hydrogens (tertiary/aromatic N) is 2. The van der Waals surface area contributed by atoms with E-state index in [2.05, 4.69) is 15.6 Å². The number of nitrogens with one attached hydrogen (secondary N) is 2. The monoisotopic (exact) mass is 566 g/mol. The molecule has 7 nitrogen and oxygen atoms in total. The van der Waals surface area contributed by atoms with Gasteiger partial charge in [-0.05, 0) is 85.7 Å². The second-order valence-electron chi connectivity index (χ2n) is 10.9. The molecule has 41 heavy (non-hydrogen) atoms. The Bertz CT molecular complexity index is 1350. The lowest BCUT2D eigenvalue weighted by molar-refractivity contribution is -0.138. The Balaban J connectivity index is 1.38. The van der Waals surface area contributed by atoms with E-state index < -0.39 is 17.7 Å². The number of anilines is 1. The Morgan fingerprint density at radius 3 is 2.37 bits per heavy atom. The van der Waals surface area contributed by atoms with Crippen LogP contribution in [-0.2, 0) is 11.0 Å². The third-order valence-corrected chi connectivity index (χ3v) is 7.77. The molecule has 2 saturated carbocycles. The van der Waals surface area contributed by atoms with Crippen LogP contribution in [0.3, 0.4) is 0 Å². The van der Waals surface area contributed by atoms with Gasteiger partial charge in [0.15, 0.2) is 0 Å². The molecular weight excluding hydrogens is 533 g/mol. The van der Waals surface area contributed by atoms with Crippen LogP contribution in [0.15, 0.2) is 64.9 Å². The SMILES string of the molecule is O=C(O)CCNC(=O)c1ccc(NC(C2=CC(=Cc3ccc(C(F)(F)F)cn3)N=C2C2CC2)C2CCCCC2)cc1. The van der Waals surface area contributed by atoms with Crippen molar-refractivity contribution in [2.24, 2.45) is 16.8 Å². The van der Waals surface area contributed by atoms with E-state index >= 15 is 0 Å². The molecule has 0 radical (unpaired) electrons. The number of aromatic nitrogens is 1. The fraction of sp³-hybridized carbons (Fsp3) is 0.419. The van der Waals surface area contributed by atoms with Crippen LogP contribution < -0.4 is 10.6 Å². The fourth-order valence-electron chi connectivity index (χ4n) is 5.49. The lowest BCUT2D eigenvalue weighted by Crippen LogP contribution is -2.35. The van der Waals surface area contributed by atoms with Crippen LogP contribution in [0.25, 0.3) is 6.08 Å². The Morgan fingerprint density at radius 2 is 1.76 bits per heavy atom. The summed E-state index contributed by atoms with van der Waals surface area (Å²) in [6, 6.07) is 9.55. The first-order valence-electron chi connectivity index (χ1n) is 14.1. The summed E-state index contributed by atoms with van der Waals surface area (Å²) in [5.41, 5.74) is 3.79. The highest BCUT2D eigenvalue weighted by Crippen LogP contribution is 2.42. The van der Waals surface area contributed by atoms with E-state index in [4.69, 9.17) is 10.1 Å². The summed E-state index contributed by atoms with van der Waals surface area (Å²) in [6.45, 7) is 0.0627. The summed E-state index contributed by atoms with van der Waals surface area (Å²) in [7, 11) is 0. The predicted octanol–water partition coefficient (Wildman–Crippen LogP) is 6.50. The lowest BCUT2D eigenvalue weighted by atomic mass is 9.79. The van der Waals surface area contributed by atoms with Gasteiger partial charge in [0.25, 0.3) is 5.91 Å². The van der Waals surface area contributed by atoms with Gasteiger partial charge < -0.3 is 15.7 Å². The minimum absolute atomic E-state index is 0.00337. The van der Waals surface area contributed by atoms with Crippen molar-refractivity contribution in [2.45, 2.75) is 63.6 Å². The Hall–Kier alpha value is -3.95. The first-order chi connectivity index (χ1) is 19.7. The number of benzene rings is 1. The molecule has 216 valence electrons. The van der Waals surface area contributed by atoms with E-state index in [-0.39, 0.29) is 24.9 Å². The van der Waals surface area contributed by atoms with Gasteiger partial charge in [0.05, 0.1) is 29.4 Å². The minimum atomic E-state index is -4.43. The van der Waals surface area contributed by atoms with Crippen molar-refractivity contribution in [3.05, 3.63) is 76.8 Å². The van der Waals surface area contributed by atoms with Crippen molar-refractivity contribution in [1.29, 1.82) is 0 Å². The molecule has 1 atom stereocenters. The van der Waals surface area contributed by atoms with Crippen LogP contribution in [0.2, 0.25) is 0 Å². The summed E-state index contributed by atoms with van der Waals surface area (Å²) in [6.07, 6.45) is 7.84. The van der Waals surface area contributed by atoms with Crippen LogP contribution in [0.5, 0.6) is 0 Å². The molecule has 1 amide bonds. The quantitative estimate of drug-likeness (QED) is 0.305. The molecular formula is C31H33F3N4O3. The maximum absolute atomic E-state index is 13.0. The first kappa shape index (κ1) is 28.6. The second-order valence-corrected chi connectivity index (χ2v) is 10.9. The normalized spacial score (nSPS) is 19.4. The smallest absolute Gasteiger partial charge is 0.417 e. The number of halogens is 3. The van der Waals surface area contributed by atoms with E-state index in [1.165, 1.54) is 12.5 Å². The number of alkyl halides is 3. The third kappa shape index (κ3) is 7.42. The molecule has 1 aliphatic heterocycles. The predicted molar refractivity (Wildman–Crippen MR) is 150 cm³/mol. The topological polar surface area (TPSA) is 104 Å². The zero-order valence-corrected chi connectivity index (χ0v) is 22.6. The molecule has 1 aromatic heterocycles. The van der Waals surface area contributed by atoms with E-state index in [1.54, 1.807) is 18.2 Å². The molecule has 2 aliphatic carbocycles. The molecule has 1 aromatic carbocycles. The Labute approximate surface area is 236 Å². The Kier molecular flexibility index (Phi) is 8.56. The van der Waals surface area contributed by atoms with Gasteiger partial charge in [-0.3, -0.25) is 19.6 Å². The molecule has 3 N–H and O–H groups in total. The van der Waals surface area contributed by atoms with E-state index in [0.717, 1.165) is 67.8 Å². The van der Waals surface area contributed by atoms with Crippen LogP contribution in [0.4, 0.5) is 18.9 Å². The zero-order chi connectivity index (χ0) is 29.0. The maximum Gasteiger partial charge on any atom is 0.417 e. The van der Waals surface area contributed by atoms with Crippen molar-refractivity contribution in [3.8, 4) is 0 Å². The summed E-state index contributed by atoms with van der Waals surface area (Å²) < 4.78 is 38.9. The maximum atomic E-state index is 13.0. The highest BCUT2D eigenvalue weighted by molar-refractivity contribution is 6.08. The van der Waals surface area contributed by atoms with Crippen molar-refractivity contribution in [2.75, 3.05) is 11.9 Å². The van der Waals surface area contributed by atoms with Gasteiger partial charge in [-0.2, -0.15) is 13.2 Å². The van der Waals surface area contributed by atoms with Gasteiger partial charge in [0.2, 0.25) is 0 Å². The molecule has 3 aliphatic rings. The zero-order valence-electron chi connectivity index (χ0n) is 22.6. The van der Waals surface area contributed by atoms with Gasteiger partial charge in [0, 0.05) is 35.6 Å². The molecule has 2 heterocycles. The number of hydrogen-bond acceptors (Lipinski definition) is 5. The van der Waals surface area contributed by atoms with Gasteiger partial charge in [-0.15, -0.1) is 0 Å². The number of aliphatic carboxylic acids is 1. The average molecular weight is 567 g/mol. The van der Waals surface area contributed by atoms with Gasteiger partial charge in [0.1, 0.15) is 0 Å². The summed E-state index contributed by atoms with van der Waals surface area (Å²) in [4.78, 5) is 32.0. The largest absolute Gasteiger partial charge is 0.481 e. The third-order valence-electron chi connectivity index (χ3n) is 7.77. The van der Waals surface area contributed by atoms with Crippen LogP contribution in [0, 0.1) is 11.8 Å². The Morgan fingerprint density at radius 1 is 1.02 bits per heavy atom. The number of carbonyl (C=O) groups is 2. The molecule has 0 saturated heterocycles. The molecule has 10 heteroatoms. The molecule has 5 rings (SSSR count). The average Bonchev–Trinajstić information content (AvgIpc) is 3.72. The van der Waals surface area contributed by atoms with E-state index in [1.807, 2.05) is 18.2 Å². The number of hydrogen-bond donors (Lipinski definition) is 3. The molecule has 0 spiro atoms. The number of pyridine rings is 1. The van der Waals surface area contributed by atoms with Crippen molar-refractivity contribution >= 4 is 29.4 Å². The lowest BCUT2D eigenvalue weighted by Gasteiger charge is -2.33. The number of aliphatic imine (C=N–C) groups is 1. The van der Waals surface area contributed by atoms with E-state index in [9.17, 15) is 22.8 Å². The number of carboxylic acid groups (broad SMARTS) is 1. The van der Waals surface area contributed by atoms with Crippen LogP contribution in [0.1, 0.15) is 73.0 Å². The van der Waals surface area contributed by atoms with E-state index in [0.29, 0.717) is 28.8 Å². The number of allylic oxidation sites excluding steroid dienone is 1. The van der Waals surface area contributed by atoms with Gasteiger partial charge in [-0.25, -0.2) is 0 Å². The number of amides is 1. The van der Waals surface area contributed by atoms with Crippen LogP contribution >= 0.6 is 0 Å². The number of carbonyl (C=O) groups excluding carboxylic acids is 1. The fourth-order valence-corrected chi connectivity index (χ4v) is 5.49. The molecule has 0 bridgehead atoms. The molecule has 1 unspecified atom stereocenters. The summed E-state index contributed by atoms with van der Waals surface area (Å²) in [5.74, 6) is -0.531. The van der Waals surface area contributed by atoms with Gasteiger partial charge >= 0.3 is 12.1 Å². The first-order valence-corrected chi connectivity index (χ1v) is 14.1. The highest BCUT2D eigenvalue weighted by atomic mass is 19.4. The van der Waals surface area contributed by atoms with Crippen LogP contribution in [-0.4, -0.2) is 40.3 Å². The van der Waals surface area contributed by atoms with Gasteiger partial charge in [-0.1, -0.05) is 19.3 Å². The standard InChI is InChI=1S/C31H33F3N4O3/c32-31(33,34)22-10-13-24(36-18-22)16-25-17-26(29(38-25)20-6-7-20)28(19-4-2-1-3-5-19)37-23-11-8-21(9-12-23)30(41)35-15-14-27(39)40/h8-13,16-20,28,37H,1-7,14-15H2,(H,35,41)(H,39,40).